The third-order valence-corrected chi connectivity index (χ3v) is 4.54. The van der Waals surface area contributed by atoms with Crippen LogP contribution in [-0.4, -0.2) is 27.8 Å². The molecule has 0 saturated heterocycles. The second-order valence-corrected chi connectivity index (χ2v) is 7.16. The van der Waals surface area contributed by atoms with Crippen LogP contribution in [0.5, 0.6) is 0 Å². The number of rotatable bonds is 6. The molecule has 1 aromatic heterocycles. The largest absolute Gasteiger partial charge is 0.448 e. The summed E-state index contributed by atoms with van der Waals surface area (Å²) in [7, 11) is 0. The van der Waals surface area contributed by atoms with Gasteiger partial charge in [-0.05, 0) is 42.8 Å². The van der Waals surface area contributed by atoms with Gasteiger partial charge in [0.25, 0.3) is 11.5 Å². The number of carbonyl (C=O) groups excluding carboxylic acids is 2. The lowest BCUT2D eigenvalue weighted by Crippen LogP contribution is -2.31. The predicted molar refractivity (Wildman–Crippen MR) is 112 cm³/mol. The average Bonchev–Trinajstić information content (AvgIpc) is 2.72. The van der Waals surface area contributed by atoms with Crippen LogP contribution in [0.15, 0.2) is 76.0 Å². The number of nitrogens with zero attached hydrogens (tertiary/aromatic N) is 2. The maximum atomic E-state index is 12.4. The number of aromatic nitrogens is 2. The highest BCUT2D eigenvalue weighted by Crippen LogP contribution is 2.14. The van der Waals surface area contributed by atoms with Crippen molar-refractivity contribution in [1.82, 2.24) is 9.78 Å². The zero-order valence-corrected chi connectivity index (χ0v) is 17.1. The molecule has 2 aromatic carbocycles. The van der Waals surface area contributed by atoms with E-state index in [-0.39, 0.29) is 17.8 Å². The molecule has 3 aromatic rings. The molecule has 0 aliphatic rings. The van der Waals surface area contributed by atoms with Crippen LogP contribution in [0.4, 0.5) is 5.69 Å². The lowest BCUT2D eigenvalue weighted by atomic mass is 10.2. The molecular formula is C21H18BrN3O4. The van der Waals surface area contributed by atoms with Crippen molar-refractivity contribution in [3.8, 4) is 0 Å². The molecule has 1 atom stereocenters. The van der Waals surface area contributed by atoms with Crippen molar-refractivity contribution in [3.63, 3.8) is 0 Å². The fraction of sp³-hybridized carbons (Fsp3) is 0.143. The second kappa shape index (κ2) is 9.29. The molecule has 0 fully saturated rings. The van der Waals surface area contributed by atoms with Crippen molar-refractivity contribution in [3.05, 3.63) is 92.8 Å². The lowest BCUT2D eigenvalue weighted by molar-refractivity contribution is -0.123. The Morgan fingerprint density at radius 1 is 1.07 bits per heavy atom. The molecule has 1 N–H and O–H groups in total. The summed E-state index contributed by atoms with van der Waals surface area (Å²) in [5.41, 5.74) is 1.06. The molecule has 1 unspecified atom stereocenters. The van der Waals surface area contributed by atoms with Gasteiger partial charge in [0, 0.05) is 16.2 Å². The number of nitrogens with one attached hydrogen (secondary N) is 1. The zero-order valence-electron chi connectivity index (χ0n) is 15.5. The number of benzene rings is 2. The zero-order chi connectivity index (χ0) is 20.8. The van der Waals surface area contributed by atoms with E-state index in [1.165, 1.54) is 23.7 Å². The number of hydrogen-bond donors (Lipinski definition) is 1. The first-order valence-corrected chi connectivity index (χ1v) is 9.61. The Labute approximate surface area is 175 Å². The molecule has 3 rings (SSSR count). The van der Waals surface area contributed by atoms with E-state index < -0.39 is 18.0 Å². The number of esters is 1. The van der Waals surface area contributed by atoms with Crippen molar-refractivity contribution in [2.24, 2.45) is 0 Å². The summed E-state index contributed by atoms with van der Waals surface area (Å²) in [6.07, 6.45) is -1.04. The highest BCUT2D eigenvalue weighted by Gasteiger charge is 2.20. The van der Waals surface area contributed by atoms with Gasteiger partial charge in [-0.1, -0.05) is 46.3 Å². The smallest absolute Gasteiger partial charge is 0.359 e. The molecule has 0 spiro atoms. The monoisotopic (exact) mass is 455 g/mol. The number of halogens is 1. The van der Waals surface area contributed by atoms with Crippen LogP contribution in [0, 0.1) is 0 Å². The molecule has 0 aliphatic heterocycles. The maximum Gasteiger partial charge on any atom is 0.359 e. The van der Waals surface area contributed by atoms with E-state index in [0.717, 1.165) is 10.0 Å². The highest BCUT2D eigenvalue weighted by atomic mass is 79.9. The van der Waals surface area contributed by atoms with Crippen molar-refractivity contribution < 1.29 is 14.3 Å². The van der Waals surface area contributed by atoms with E-state index in [9.17, 15) is 14.4 Å². The summed E-state index contributed by atoms with van der Waals surface area (Å²) in [6, 6.07) is 18.8. The number of anilines is 1. The molecule has 0 radical (unpaired) electrons. The Morgan fingerprint density at radius 2 is 1.76 bits per heavy atom. The predicted octanol–water partition coefficient (Wildman–Crippen LogP) is 3.24. The van der Waals surface area contributed by atoms with Crippen LogP contribution >= 0.6 is 15.9 Å². The van der Waals surface area contributed by atoms with Crippen LogP contribution in [-0.2, 0) is 16.1 Å². The average molecular weight is 456 g/mol. The minimum atomic E-state index is -1.04. The summed E-state index contributed by atoms with van der Waals surface area (Å²) in [5.74, 6) is -1.26. The second-order valence-electron chi connectivity index (χ2n) is 6.24. The fourth-order valence-electron chi connectivity index (χ4n) is 2.48. The third-order valence-electron chi connectivity index (χ3n) is 4.02. The molecule has 1 heterocycles. The van der Waals surface area contributed by atoms with E-state index in [2.05, 4.69) is 26.3 Å². The topological polar surface area (TPSA) is 90.3 Å². The molecule has 148 valence electrons. The normalized spacial score (nSPS) is 11.5. The van der Waals surface area contributed by atoms with E-state index in [4.69, 9.17) is 4.74 Å². The van der Waals surface area contributed by atoms with Gasteiger partial charge in [-0.15, -0.1) is 0 Å². The van der Waals surface area contributed by atoms with Crippen LogP contribution in [0.1, 0.15) is 23.0 Å². The SMILES string of the molecule is CC(OC(=O)c1ccc(=O)n(Cc2ccccc2)n1)C(=O)Nc1ccc(Br)cc1. The Morgan fingerprint density at radius 3 is 2.45 bits per heavy atom. The summed E-state index contributed by atoms with van der Waals surface area (Å²) < 4.78 is 7.26. The molecule has 7 nitrogen and oxygen atoms in total. The van der Waals surface area contributed by atoms with E-state index in [1.54, 1.807) is 24.3 Å². The fourth-order valence-corrected chi connectivity index (χ4v) is 2.74. The van der Waals surface area contributed by atoms with Crippen LogP contribution in [0.2, 0.25) is 0 Å². The summed E-state index contributed by atoms with van der Waals surface area (Å²) >= 11 is 3.32. The lowest BCUT2D eigenvalue weighted by Gasteiger charge is -2.14. The number of hydrogen-bond acceptors (Lipinski definition) is 5. The van der Waals surface area contributed by atoms with E-state index >= 15 is 0 Å². The van der Waals surface area contributed by atoms with Crippen molar-refractivity contribution in [2.45, 2.75) is 19.6 Å². The molecular weight excluding hydrogens is 438 g/mol. The first-order chi connectivity index (χ1) is 13.9. The van der Waals surface area contributed by atoms with Gasteiger partial charge in [0.1, 0.15) is 0 Å². The molecule has 0 bridgehead atoms. The van der Waals surface area contributed by atoms with Crippen LogP contribution < -0.4 is 10.9 Å². The van der Waals surface area contributed by atoms with Gasteiger partial charge in [-0.3, -0.25) is 9.59 Å². The van der Waals surface area contributed by atoms with Crippen molar-refractivity contribution in [1.29, 1.82) is 0 Å². The molecule has 8 heteroatoms. The van der Waals surface area contributed by atoms with Crippen molar-refractivity contribution >= 4 is 33.5 Å². The Balaban J connectivity index is 1.66. The van der Waals surface area contributed by atoms with Crippen LogP contribution in [0.25, 0.3) is 0 Å². The third kappa shape index (κ3) is 5.61. The quantitative estimate of drug-likeness (QED) is 0.576. The van der Waals surface area contributed by atoms with E-state index in [1.807, 2.05) is 30.3 Å². The van der Waals surface area contributed by atoms with Gasteiger partial charge in [0.05, 0.1) is 6.54 Å². The minimum Gasteiger partial charge on any atom is -0.448 e. The van der Waals surface area contributed by atoms with Gasteiger partial charge in [-0.25, -0.2) is 9.48 Å². The summed E-state index contributed by atoms with van der Waals surface area (Å²) in [6.45, 7) is 1.69. The first kappa shape index (κ1) is 20.5. The van der Waals surface area contributed by atoms with Gasteiger partial charge in [0.2, 0.25) is 0 Å². The molecule has 29 heavy (non-hydrogen) atoms. The van der Waals surface area contributed by atoms with Gasteiger partial charge in [-0.2, -0.15) is 5.10 Å². The number of amides is 1. The molecule has 1 amide bonds. The van der Waals surface area contributed by atoms with Crippen molar-refractivity contribution in [2.75, 3.05) is 5.32 Å². The summed E-state index contributed by atoms with van der Waals surface area (Å²) in [4.78, 5) is 36.7. The first-order valence-electron chi connectivity index (χ1n) is 8.82. The molecule has 0 saturated carbocycles. The minimum absolute atomic E-state index is 0.0520. The Bertz CT molecular complexity index is 1070. The Hall–Kier alpha value is -3.26. The van der Waals surface area contributed by atoms with E-state index in [0.29, 0.717) is 5.69 Å². The van der Waals surface area contributed by atoms with Gasteiger partial charge >= 0.3 is 5.97 Å². The maximum absolute atomic E-state index is 12.4. The molecule has 0 aliphatic carbocycles. The standard InChI is InChI=1S/C21H18BrN3O4/c1-14(20(27)23-17-9-7-16(22)8-10-17)29-21(28)18-11-12-19(26)25(24-18)13-15-5-3-2-4-6-15/h2-12,14H,13H2,1H3,(H,23,27). The number of ether oxygens (including phenoxy) is 1. The Kier molecular flexibility index (Phi) is 6.56. The van der Waals surface area contributed by atoms with Gasteiger partial charge < -0.3 is 10.1 Å². The highest BCUT2D eigenvalue weighted by molar-refractivity contribution is 9.10. The van der Waals surface area contributed by atoms with Gasteiger partial charge in [0.15, 0.2) is 11.8 Å². The summed E-state index contributed by atoms with van der Waals surface area (Å²) in [5, 5.41) is 6.73. The number of carbonyl (C=O) groups is 2. The van der Waals surface area contributed by atoms with Crippen LogP contribution in [0.3, 0.4) is 0 Å².